The first-order chi connectivity index (χ1) is 15.6. The Labute approximate surface area is 198 Å². The van der Waals surface area contributed by atoms with E-state index in [4.69, 9.17) is 0 Å². The van der Waals surface area contributed by atoms with Gasteiger partial charge in [0, 0.05) is 17.8 Å². The molecule has 1 fully saturated rings. The molecular weight excluding hydrogens is 478 g/mol. The van der Waals surface area contributed by atoms with Crippen LogP contribution in [-0.2, 0) is 36.2 Å². The molecule has 9 heteroatoms. The predicted octanol–water partition coefficient (Wildman–Crippen LogP) is 4.08. The Balaban J connectivity index is 1.35. The van der Waals surface area contributed by atoms with Crippen LogP contribution in [0, 0.1) is 0 Å². The number of sulfonamides is 1. The van der Waals surface area contributed by atoms with Crippen LogP contribution < -0.4 is 4.72 Å². The monoisotopic (exact) mass is 501 g/mol. The van der Waals surface area contributed by atoms with Gasteiger partial charge >= 0.3 is 0 Å². The second kappa shape index (κ2) is 9.32. The lowest BCUT2D eigenvalue weighted by atomic mass is 10.0. The van der Waals surface area contributed by atoms with Gasteiger partial charge in [0.1, 0.15) is 5.25 Å². The third kappa shape index (κ3) is 5.66. The Kier molecular flexibility index (Phi) is 6.65. The summed E-state index contributed by atoms with van der Waals surface area (Å²) in [7, 11) is -6.87. The number of hydrogen-bond donors (Lipinski definition) is 1. The Hall–Kier alpha value is -2.62. The Morgan fingerprint density at radius 3 is 2.06 bits per heavy atom. The van der Waals surface area contributed by atoms with Gasteiger partial charge in [-0.3, -0.25) is 9.52 Å². The fraction of sp³-hybridized carbons (Fsp3) is 0.208. The van der Waals surface area contributed by atoms with Crippen molar-refractivity contribution in [3.63, 3.8) is 0 Å². The third-order valence-corrected chi connectivity index (χ3v) is 9.33. The molecule has 1 aliphatic heterocycles. The van der Waals surface area contributed by atoms with Crippen LogP contribution in [0.5, 0.6) is 0 Å². The predicted molar refractivity (Wildman–Crippen MR) is 131 cm³/mol. The fourth-order valence-corrected chi connectivity index (χ4v) is 6.72. The van der Waals surface area contributed by atoms with Crippen molar-refractivity contribution in [3.8, 4) is 11.1 Å². The molecule has 0 aromatic heterocycles. The average Bonchev–Trinajstić information content (AvgIpc) is 3.06. The maximum Gasteiger partial charge on any atom is 0.242 e. The van der Waals surface area contributed by atoms with E-state index in [1.165, 1.54) is 6.26 Å². The van der Waals surface area contributed by atoms with Crippen LogP contribution >= 0.6 is 11.8 Å². The Morgan fingerprint density at radius 2 is 1.52 bits per heavy atom. The van der Waals surface area contributed by atoms with Gasteiger partial charge in [0.2, 0.25) is 15.9 Å². The smallest absolute Gasteiger partial charge is 0.242 e. The van der Waals surface area contributed by atoms with Crippen LogP contribution in [0.25, 0.3) is 11.1 Å². The molecule has 1 heterocycles. The molecule has 3 aromatic rings. The standard InChI is InChI=1S/C24H23NO5S3/c1-32(27,28)22-4-2-3-21(13-22)19-9-5-17(6-10-19)15-31-16-18-7-11-20(12-8-18)23-14-24(26)25-33(23,29)30/h2-13,23H,14-16H2,1H3,(H,25,26). The van der Waals surface area contributed by atoms with Gasteiger partial charge in [0.15, 0.2) is 9.84 Å². The zero-order valence-corrected chi connectivity index (χ0v) is 20.3. The molecule has 33 heavy (non-hydrogen) atoms. The molecule has 0 aliphatic carbocycles. The maximum absolute atomic E-state index is 12.0. The molecule has 1 amide bonds. The van der Waals surface area contributed by atoms with Crippen molar-refractivity contribution >= 4 is 37.5 Å². The van der Waals surface area contributed by atoms with E-state index >= 15 is 0 Å². The zero-order valence-electron chi connectivity index (χ0n) is 17.9. The number of amides is 1. The quantitative estimate of drug-likeness (QED) is 0.524. The molecule has 0 spiro atoms. The molecule has 1 aliphatic rings. The number of hydrogen-bond acceptors (Lipinski definition) is 6. The van der Waals surface area contributed by atoms with E-state index in [1.807, 2.05) is 47.2 Å². The van der Waals surface area contributed by atoms with Crippen LogP contribution in [-0.4, -0.2) is 29.0 Å². The van der Waals surface area contributed by atoms with Crippen molar-refractivity contribution in [2.24, 2.45) is 0 Å². The summed E-state index contributed by atoms with van der Waals surface area (Å²) in [4.78, 5) is 11.7. The van der Waals surface area contributed by atoms with Crippen molar-refractivity contribution in [3.05, 3.63) is 89.5 Å². The minimum atomic E-state index is -3.62. The highest BCUT2D eigenvalue weighted by Crippen LogP contribution is 2.31. The van der Waals surface area contributed by atoms with Gasteiger partial charge in [0.05, 0.1) is 11.3 Å². The Bertz CT molecular complexity index is 1380. The summed E-state index contributed by atoms with van der Waals surface area (Å²) < 4.78 is 49.6. The number of benzene rings is 3. The van der Waals surface area contributed by atoms with E-state index in [2.05, 4.69) is 0 Å². The molecular formula is C24H23NO5S3. The summed E-state index contributed by atoms with van der Waals surface area (Å²) in [6, 6.07) is 22.3. The molecule has 0 bridgehead atoms. The third-order valence-electron chi connectivity index (χ3n) is 5.44. The molecule has 0 radical (unpaired) electrons. The van der Waals surface area contributed by atoms with Crippen LogP contribution in [0.4, 0.5) is 0 Å². The van der Waals surface area contributed by atoms with Crippen LogP contribution in [0.3, 0.4) is 0 Å². The van der Waals surface area contributed by atoms with Gasteiger partial charge in [-0.05, 0) is 39.9 Å². The molecule has 1 unspecified atom stereocenters. The molecule has 0 saturated carbocycles. The lowest BCUT2D eigenvalue weighted by Gasteiger charge is -2.09. The summed E-state index contributed by atoms with van der Waals surface area (Å²) in [5, 5.41) is -0.816. The van der Waals surface area contributed by atoms with E-state index in [1.54, 1.807) is 42.1 Å². The molecule has 6 nitrogen and oxygen atoms in total. The molecule has 1 saturated heterocycles. The van der Waals surface area contributed by atoms with Crippen molar-refractivity contribution in [2.45, 2.75) is 28.1 Å². The topological polar surface area (TPSA) is 97.4 Å². The molecule has 1 atom stereocenters. The van der Waals surface area contributed by atoms with Gasteiger partial charge in [-0.2, -0.15) is 11.8 Å². The van der Waals surface area contributed by atoms with Crippen molar-refractivity contribution in [2.75, 3.05) is 6.26 Å². The van der Waals surface area contributed by atoms with E-state index < -0.39 is 31.0 Å². The first-order valence-corrected chi connectivity index (χ1v) is 14.8. The second-order valence-electron chi connectivity index (χ2n) is 7.99. The van der Waals surface area contributed by atoms with Crippen molar-refractivity contribution < 1.29 is 21.6 Å². The average molecular weight is 502 g/mol. The summed E-state index contributed by atoms with van der Waals surface area (Å²) in [5.74, 6) is 1.11. The fourth-order valence-electron chi connectivity index (χ4n) is 3.66. The summed E-state index contributed by atoms with van der Waals surface area (Å²) in [6.07, 6.45) is 1.17. The van der Waals surface area contributed by atoms with Gasteiger partial charge < -0.3 is 0 Å². The van der Waals surface area contributed by atoms with E-state index in [0.29, 0.717) is 10.5 Å². The second-order valence-corrected chi connectivity index (χ2v) is 12.9. The van der Waals surface area contributed by atoms with Gasteiger partial charge in [-0.15, -0.1) is 0 Å². The molecule has 1 N–H and O–H groups in total. The molecule has 172 valence electrons. The highest BCUT2D eigenvalue weighted by Gasteiger charge is 2.37. The number of thioether (sulfide) groups is 1. The largest absolute Gasteiger partial charge is 0.274 e. The van der Waals surface area contributed by atoms with Crippen LogP contribution in [0.2, 0.25) is 0 Å². The first kappa shape index (κ1) is 23.5. The van der Waals surface area contributed by atoms with Crippen molar-refractivity contribution in [1.82, 2.24) is 4.72 Å². The normalized spacial score (nSPS) is 17.6. The van der Waals surface area contributed by atoms with Gasteiger partial charge in [-0.25, -0.2) is 16.8 Å². The first-order valence-electron chi connectivity index (χ1n) is 10.2. The van der Waals surface area contributed by atoms with E-state index in [0.717, 1.165) is 33.8 Å². The zero-order chi connectivity index (χ0) is 23.6. The van der Waals surface area contributed by atoms with Crippen LogP contribution in [0.1, 0.15) is 28.4 Å². The highest BCUT2D eigenvalue weighted by molar-refractivity contribution is 7.97. The van der Waals surface area contributed by atoms with E-state index in [-0.39, 0.29) is 6.42 Å². The summed E-state index contributed by atoms with van der Waals surface area (Å²) in [5.41, 5.74) is 4.67. The number of carbonyl (C=O) groups is 1. The minimum absolute atomic E-state index is 0.0367. The number of sulfone groups is 1. The van der Waals surface area contributed by atoms with E-state index in [9.17, 15) is 21.6 Å². The summed E-state index contributed by atoms with van der Waals surface area (Å²) in [6.45, 7) is 0. The minimum Gasteiger partial charge on any atom is -0.274 e. The highest BCUT2D eigenvalue weighted by atomic mass is 32.2. The summed E-state index contributed by atoms with van der Waals surface area (Å²) >= 11 is 1.74. The SMILES string of the molecule is CS(=O)(=O)c1cccc(-c2ccc(CSCc3ccc(C4CC(=O)NS4(=O)=O)cc3)cc2)c1. The van der Waals surface area contributed by atoms with Gasteiger partial charge in [0.25, 0.3) is 0 Å². The lowest BCUT2D eigenvalue weighted by Crippen LogP contribution is -2.21. The molecule has 3 aromatic carbocycles. The maximum atomic E-state index is 12.0. The number of carbonyl (C=O) groups excluding carboxylic acids is 1. The molecule has 4 rings (SSSR count). The van der Waals surface area contributed by atoms with Crippen molar-refractivity contribution in [1.29, 1.82) is 0 Å². The number of nitrogens with one attached hydrogen (secondary N) is 1. The van der Waals surface area contributed by atoms with Crippen LogP contribution in [0.15, 0.2) is 77.7 Å². The lowest BCUT2D eigenvalue weighted by molar-refractivity contribution is -0.118. The van der Waals surface area contributed by atoms with Gasteiger partial charge in [-0.1, -0.05) is 60.7 Å². The Morgan fingerprint density at radius 1 is 0.909 bits per heavy atom. The number of rotatable bonds is 7.